The predicted molar refractivity (Wildman–Crippen MR) is 41.0 cm³/mol. The molecule has 0 aliphatic carbocycles. The van der Waals surface area contributed by atoms with Crippen molar-refractivity contribution >= 4 is 28.3 Å². The molecule has 1 N–H and O–H groups in total. The van der Waals surface area contributed by atoms with Crippen LogP contribution < -0.4 is 0 Å². The Kier molecular flexibility index (Phi) is 2.24. The first-order valence-electron chi connectivity index (χ1n) is 2.55. The summed E-state index contributed by atoms with van der Waals surface area (Å²) < 4.78 is 3.95. The molecule has 0 saturated heterocycles. The van der Waals surface area contributed by atoms with E-state index in [2.05, 4.69) is 9.53 Å². The van der Waals surface area contributed by atoms with E-state index < -0.39 is 0 Å². The Morgan fingerprint density at radius 3 is 3.00 bits per heavy atom. The maximum absolute atomic E-state index is 8.23. The van der Waals surface area contributed by atoms with Gasteiger partial charge in [0.1, 0.15) is 0 Å². The summed E-state index contributed by atoms with van der Waals surface area (Å²) in [5, 5.41) is 11.1. The number of oxime groups is 1. The minimum atomic E-state index is 0.0885. The van der Waals surface area contributed by atoms with Crippen molar-refractivity contribution < 1.29 is 5.21 Å². The van der Waals surface area contributed by atoms with Crippen LogP contribution in [-0.4, -0.2) is 14.8 Å². The van der Waals surface area contributed by atoms with Gasteiger partial charge in [-0.2, -0.15) is 4.37 Å². The van der Waals surface area contributed by atoms with Gasteiger partial charge in [0.15, 0.2) is 5.17 Å². The summed E-state index contributed by atoms with van der Waals surface area (Å²) in [5.41, 5.74) is 0.877. The van der Waals surface area contributed by atoms with Crippen LogP contribution in [0.15, 0.2) is 11.2 Å². The first-order chi connectivity index (χ1) is 4.74. The zero-order valence-electron chi connectivity index (χ0n) is 5.21. The summed E-state index contributed by atoms with van der Waals surface area (Å²) in [4.78, 5) is 0.682. The fourth-order valence-electron chi connectivity index (χ4n) is 0.510. The lowest BCUT2D eigenvalue weighted by Gasteiger charge is -1.83. The summed E-state index contributed by atoms with van der Waals surface area (Å²) in [5.74, 6) is 0. The highest BCUT2D eigenvalue weighted by atomic mass is 35.5. The largest absolute Gasteiger partial charge is 0.410 e. The van der Waals surface area contributed by atoms with E-state index in [1.165, 1.54) is 11.5 Å². The van der Waals surface area contributed by atoms with Gasteiger partial charge in [0.25, 0.3) is 0 Å². The van der Waals surface area contributed by atoms with E-state index in [1.54, 1.807) is 6.07 Å². The van der Waals surface area contributed by atoms with Crippen molar-refractivity contribution in [2.24, 2.45) is 5.16 Å². The van der Waals surface area contributed by atoms with Gasteiger partial charge in [-0.15, -0.1) is 0 Å². The number of halogens is 1. The molecule has 0 atom stereocenters. The fourth-order valence-corrected chi connectivity index (χ4v) is 1.30. The van der Waals surface area contributed by atoms with Crippen molar-refractivity contribution in [1.29, 1.82) is 0 Å². The van der Waals surface area contributed by atoms with Crippen molar-refractivity contribution in [1.82, 2.24) is 4.37 Å². The molecule has 5 heteroatoms. The number of aromatic nitrogens is 1. The highest BCUT2D eigenvalue weighted by molar-refractivity contribution is 7.10. The van der Waals surface area contributed by atoms with Crippen LogP contribution in [0.4, 0.5) is 0 Å². The molecule has 0 spiro atoms. The van der Waals surface area contributed by atoms with E-state index in [4.69, 9.17) is 16.8 Å². The summed E-state index contributed by atoms with van der Waals surface area (Å²) in [6.07, 6.45) is 0. The quantitative estimate of drug-likeness (QED) is 0.403. The predicted octanol–water partition coefficient (Wildman–Crippen LogP) is 1.83. The molecule has 10 heavy (non-hydrogen) atoms. The molecule has 0 aliphatic heterocycles. The number of aryl methyl sites for hydroxylation is 1. The third kappa shape index (κ3) is 1.46. The molecule has 1 rings (SSSR count). The first kappa shape index (κ1) is 7.50. The van der Waals surface area contributed by atoms with Gasteiger partial charge in [0, 0.05) is 0 Å². The molecule has 1 aromatic rings. The highest BCUT2D eigenvalue weighted by Crippen LogP contribution is 2.12. The number of hydrogen-bond acceptors (Lipinski definition) is 4. The van der Waals surface area contributed by atoms with Crippen LogP contribution in [0.25, 0.3) is 0 Å². The zero-order valence-corrected chi connectivity index (χ0v) is 6.78. The lowest BCUT2D eigenvalue weighted by atomic mass is 10.4. The Bertz CT molecular complexity index is 258. The fraction of sp³-hybridized carbons (Fsp3) is 0.200. The molecule has 1 aromatic heterocycles. The molecular weight excluding hydrogens is 172 g/mol. The van der Waals surface area contributed by atoms with Crippen LogP contribution in [-0.2, 0) is 0 Å². The lowest BCUT2D eigenvalue weighted by molar-refractivity contribution is 0.321. The third-order valence-electron chi connectivity index (χ3n) is 0.919. The van der Waals surface area contributed by atoms with Crippen LogP contribution in [0.1, 0.15) is 10.6 Å². The summed E-state index contributed by atoms with van der Waals surface area (Å²) in [6, 6.07) is 1.76. The molecule has 0 aromatic carbocycles. The van der Waals surface area contributed by atoms with Crippen molar-refractivity contribution in [3.63, 3.8) is 0 Å². The number of rotatable bonds is 1. The molecule has 0 radical (unpaired) electrons. The molecule has 54 valence electrons. The van der Waals surface area contributed by atoms with Gasteiger partial charge in [0.2, 0.25) is 0 Å². The topological polar surface area (TPSA) is 45.5 Å². The van der Waals surface area contributed by atoms with Gasteiger partial charge in [-0.3, -0.25) is 0 Å². The standard InChI is InChI=1S/C5H5ClN2OS/c1-3-2-4(10-8-3)5(6)7-9/h2,9H,1H3. The Morgan fingerprint density at radius 1 is 1.90 bits per heavy atom. The summed E-state index contributed by atoms with van der Waals surface area (Å²) in [6.45, 7) is 1.85. The van der Waals surface area contributed by atoms with Crippen LogP contribution in [0.3, 0.4) is 0 Å². The van der Waals surface area contributed by atoms with E-state index in [0.29, 0.717) is 4.88 Å². The smallest absolute Gasteiger partial charge is 0.186 e. The van der Waals surface area contributed by atoms with Crippen molar-refractivity contribution in [3.05, 3.63) is 16.6 Å². The van der Waals surface area contributed by atoms with Crippen molar-refractivity contribution in [2.75, 3.05) is 0 Å². The molecule has 0 fully saturated rings. The molecule has 0 unspecified atom stereocenters. The molecule has 0 bridgehead atoms. The van der Waals surface area contributed by atoms with E-state index in [1.807, 2.05) is 6.92 Å². The summed E-state index contributed by atoms with van der Waals surface area (Å²) in [7, 11) is 0. The maximum atomic E-state index is 8.23. The maximum Gasteiger partial charge on any atom is 0.186 e. The second-order valence-electron chi connectivity index (χ2n) is 1.72. The van der Waals surface area contributed by atoms with Gasteiger partial charge in [-0.25, -0.2) is 0 Å². The van der Waals surface area contributed by atoms with Crippen molar-refractivity contribution in [2.45, 2.75) is 6.92 Å². The average molecular weight is 177 g/mol. The molecule has 0 saturated carbocycles. The van der Waals surface area contributed by atoms with Gasteiger partial charge in [-0.1, -0.05) is 16.8 Å². The zero-order chi connectivity index (χ0) is 7.56. The van der Waals surface area contributed by atoms with Gasteiger partial charge < -0.3 is 5.21 Å². The highest BCUT2D eigenvalue weighted by Gasteiger charge is 2.02. The van der Waals surface area contributed by atoms with E-state index in [0.717, 1.165) is 5.69 Å². The van der Waals surface area contributed by atoms with Crippen LogP contribution in [0, 0.1) is 6.92 Å². The average Bonchev–Trinajstić information content (AvgIpc) is 2.34. The second kappa shape index (κ2) is 2.98. The van der Waals surface area contributed by atoms with Crippen molar-refractivity contribution in [3.8, 4) is 0 Å². The number of hydrogen-bond donors (Lipinski definition) is 1. The molecule has 0 aliphatic rings. The van der Waals surface area contributed by atoms with E-state index >= 15 is 0 Å². The molecular formula is C5H5ClN2OS. The van der Waals surface area contributed by atoms with Gasteiger partial charge in [-0.05, 0) is 24.5 Å². The molecule has 0 amide bonds. The Labute approximate surface area is 67.1 Å². The van der Waals surface area contributed by atoms with E-state index in [9.17, 15) is 0 Å². The third-order valence-corrected chi connectivity index (χ3v) is 2.20. The Hall–Kier alpha value is -0.610. The Morgan fingerprint density at radius 2 is 2.60 bits per heavy atom. The lowest BCUT2D eigenvalue weighted by Crippen LogP contribution is -1.83. The molecule has 3 nitrogen and oxygen atoms in total. The van der Waals surface area contributed by atoms with Crippen LogP contribution in [0.2, 0.25) is 0 Å². The first-order valence-corrected chi connectivity index (χ1v) is 3.70. The summed E-state index contributed by atoms with van der Waals surface area (Å²) >= 11 is 6.68. The van der Waals surface area contributed by atoms with E-state index in [-0.39, 0.29) is 5.17 Å². The minimum Gasteiger partial charge on any atom is -0.410 e. The number of nitrogens with zero attached hydrogens (tertiary/aromatic N) is 2. The van der Waals surface area contributed by atoms with Crippen LogP contribution >= 0.6 is 23.1 Å². The minimum absolute atomic E-state index is 0.0885. The van der Waals surface area contributed by atoms with Crippen LogP contribution in [0.5, 0.6) is 0 Å². The normalized spacial score (nSPS) is 12.0. The van der Waals surface area contributed by atoms with Gasteiger partial charge >= 0.3 is 0 Å². The van der Waals surface area contributed by atoms with Gasteiger partial charge in [0.05, 0.1) is 10.6 Å². The Balaban J connectivity index is 2.95. The second-order valence-corrected chi connectivity index (χ2v) is 2.89. The monoisotopic (exact) mass is 176 g/mol. The SMILES string of the molecule is Cc1cc(C(Cl)=NO)sn1. The molecule has 1 heterocycles.